The van der Waals surface area contributed by atoms with Crippen molar-refractivity contribution >= 4 is 28.9 Å². The average molecular weight is 396 g/mol. The maximum Gasteiger partial charge on any atom is 0.0900 e. The van der Waals surface area contributed by atoms with Gasteiger partial charge in [-0.3, -0.25) is 9.88 Å². The van der Waals surface area contributed by atoms with E-state index in [4.69, 9.17) is 27.9 Å². The van der Waals surface area contributed by atoms with Gasteiger partial charge in [0.2, 0.25) is 0 Å². The first-order valence-electron chi connectivity index (χ1n) is 8.69. The first kappa shape index (κ1) is 19.4. The van der Waals surface area contributed by atoms with E-state index in [1.54, 1.807) is 12.4 Å². The zero-order valence-electron chi connectivity index (χ0n) is 14.5. The number of β-amino-alcohol motifs (C(OH)–C–C–N with tert-alkyl or cyclic N) is 1. The number of pyridine rings is 1. The molecule has 26 heavy (non-hydrogen) atoms. The predicted molar refractivity (Wildman–Crippen MR) is 105 cm³/mol. The van der Waals surface area contributed by atoms with E-state index in [0.717, 1.165) is 37.4 Å². The third-order valence-electron chi connectivity index (χ3n) is 4.41. The lowest BCUT2D eigenvalue weighted by atomic mass is 10.2. The van der Waals surface area contributed by atoms with Crippen LogP contribution in [-0.4, -0.2) is 60.4 Å². The first-order valence-corrected chi connectivity index (χ1v) is 9.45. The molecule has 1 atom stereocenters. The Labute approximate surface area is 164 Å². The minimum Gasteiger partial charge on any atom is -0.389 e. The number of rotatable bonds is 7. The Morgan fingerprint density at radius 2 is 1.69 bits per heavy atom. The van der Waals surface area contributed by atoms with Gasteiger partial charge in [-0.1, -0.05) is 53.5 Å². The summed E-state index contributed by atoms with van der Waals surface area (Å²) < 4.78 is 5.62. The monoisotopic (exact) mass is 395 g/mol. The molecule has 1 aromatic heterocycles. The van der Waals surface area contributed by atoms with Crippen LogP contribution in [0.1, 0.15) is 5.56 Å². The number of aliphatic hydroxyl groups is 1. The van der Waals surface area contributed by atoms with Crippen molar-refractivity contribution in [3.63, 3.8) is 0 Å². The second-order valence-corrected chi connectivity index (χ2v) is 7.21. The van der Waals surface area contributed by atoms with E-state index in [1.165, 1.54) is 0 Å². The van der Waals surface area contributed by atoms with Crippen molar-refractivity contribution in [3.05, 3.63) is 58.3 Å². The lowest BCUT2D eigenvalue weighted by Crippen LogP contribution is -2.49. The standard InChI is InChI=1S/C19H23Cl2N3O2/c20-17-10-22-11-18(21)19(17)24-8-6-23(7-9-24)12-16(25)14-26-13-15-4-2-1-3-5-15/h1-5,10-11,16,25H,6-9,12-14H2. The van der Waals surface area contributed by atoms with Crippen LogP contribution in [0.5, 0.6) is 0 Å². The van der Waals surface area contributed by atoms with Crippen LogP contribution in [0.25, 0.3) is 0 Å². The Kier molecular flexibility index (Phi) is 7.11. The van der Waals surface area contributed by atoms with Crippen LogP contribution in [0, 0.1) is 0 Å². The van der Waals surface area contributed by atoms with Gasteiger partial charge in [-0.05, 0) is 5.56 Å². The Hall–Kier alpha value is -1.37. The van der Waals surface area contributed by atoms with Gasteiger partial charge in [0.15, 0.2) is 0 Å². The number of aromatic nitrogens is 1. The van der Waals surface area contributed by atoms with Crippen LogP contribution in [0.4, 0.5) is 5.69 Å². The maximum atomic E-state index is 10.2. The minimum absolute atomic E-state index is 0.330. The highest BCUT2D eigenvalue weighted by molar-refractivity contribution is 6.38. The number of benzene rings is 1. The number of halogens is 2. The topological polar surface area (TPSA) is 48.8 Å². The molecule has 0 amide bonds. The van der Waals surface area contributed by atoms with Crippen molar-refractivity contribution in [2.75, 3.05) is 44.2 Å². The van der Waals surface area contributed by atoms with Crippen molar-refractivity contribution in [2.45, 2.75) is 12.7 Å². The van der Waals surface area contributed by atoms with E-state index in [-0.39, 0.29) is 0 Å². The second kappa shape index (κ2) is 9.53. The van der Waals surface area contributed by atoms with Crippen LogP contribution in [-0.2, 0) is 11.3 Å². The van der Waals surface area contributed by atoms with Crippen LogP contribution < -0.4 is 4.90 Å². The fourth-order valence-electron chi connectivity index (χ4n) is 3.10. The van der Waals surface area contributed by atoms with Crippen molar-refractivity contribution in [1.82, 2.24) is 9.88 Å². The third-order valence-corrected chi connectivity index (χ3v) is 4.96. The zero-order valence-corrected chi connectivity index (χ0v) is 16.0. The summed E-state index contributed by atoms with van der Waals surface area (Å²) >= 11 is 12.5. The van der Waals surface area contributed by atoms with E-state index in [2.05, 4.69) is 14.8 Å². The average Bonchev–Trinajstić information content (AvgIpc) is 2.64. The lowest BCUT2D eigenvalue weighted by molar-refractivity contribution is 0.00914. The van der Waals surface area contributed by atoms with E-state index >= 15 is 0 Å². The summed E-state index contributed by atoms with van der Waals surface area (Å²) in [6.07, 6.45) is 2.73. The van der Waals surface area contributed by atoms with Gasteiger partial charge in [-0.15, -0.1) is 0 Å². The molecule has 1 saturated heterocycles. The van der Waals surface area contributed by atoms with Gasteiger partial charge in [0.25, 0.3) is 0 Å². The molecule has 1 N–H and O–H groups in total. The summed E-state index contributed by atoms with van der Waals surface area (Å²) in [6.45, 7) is 4.74. The number of nitrogens with zero attached hydrogens (tertiary/aromatic N) is 3. The molecule has 2 aromatic rings. The summed E-state index contributed by atoms with van der Waals surface area (Å²) in [4.78, 5) is 8.40. The molecule has 1 aromatic carbocycles. The molecular weight excluding hydrogens is 373 g/mol. The van der Waals surface area contributed by atoms with E-state index in [9.17, 15) is 5.11 Å². The molecule has 1 aliphatic rings. The van der Waals surface area contributed by atoms with Crippen molar-refractivity contribution in [2.24, 2.45) is 0 Å². The largest absolute Gasteiger partial charge is 0.389 e. The van der Waals surface area contributed by atoms with E-state index in [0.29, 0.717) is 29.8 Å². The van der Waals surface area contributed by atoms with Gasteiger partial charge in [0.1, 0.15) is 0 Å². The van der Waals surface area contributed by atoms with E-state index < -0.39 is 6.10 Å². The molecular formula is C19H23Cl2N3O2. The number of hydrogen-bond acceptors (Lipinski definition) is 5. The highest BCUT2D eigenvalue weighted by Crippen LogP contribution is 2.33. The van der Waals surface area contributed by atoms with Gasteiger partial charge < -0.3 is 14.7 Å². The normalized spacial score (nSPS) is 16.7. The molecule has 2 heterocycles. The lowest BCUT2D eigenvalue weighted by Gasteiger charge is -2.37. The number of hydrogen-bond donors (Lipinski definition) is 1. The van der Waals surface area contributed by atoms with Crippen molar-refractivity contribution in [1.29, 1.82) is 0 Å². The van der Waals surface area contributed by atoms with Gasteiger partial charge in [-0.25, -0.2) is 0 Å². The van der Waals surface area contributed by atoms with Gasteiger partial charge in [0, 0.05) is 45.1 Å². The molecule has 3 rings (SSSR count). The molecule has 0 saturated carbocycles. The molecule has 5 nitrogen and oxygen atoms in total. The Bertz CT molecular complexity index is 674. The summed E-state index contributed by atoms with van der Waals surface area (Å²) in [5.41, 5.74) is 1.95. The molecule has 140 valence electrons. The van der Waals surface area contributed by atoms with Crippen LogP contribution >= 0.6 is 23.2 Å². The summed E-state index contributed by atoms with van der Waals surface area (Å²) in [5.74, 6) is 0. The number of aliphatic hydroxyl groups excluding tert-OH is 1. The minimum atomic E-state index is -0.502. The molecule has 1 unspecified atom stereocenters. The fourth-order valence-corrected chi connectivity index (χ4v) is 3.70. The second-order valence-electron chi connectivity index (χ2n) is 6.39. The number of anilines is 1. The van der Waals surface area contributed by atoms with Crippen LogP contribution in [0.3, 0.4) is 0 Å². The number of piperazine rings is 1. The Morgan fingerprint density at radius 3 is 2.35 bits per heavy atom. The summed E-state index contributed by atoms with van der Waals surface area (Å²) in [5, 5.41) is 11.4. The SMILES string of the molecule is OC(COCc1ccccc1)CN1CCN(c2c(Cl)cncc2Cl)CC1. The Morgan fingerprint density at radius 1 is 1.04 bits per heavy atom. The molecule has 1 aliphatic heterocycles. The molecule has 0 aliphatic carbocycles. The van der Waals surface area contributed by atoms with E-state index in [1.807, 2.05) is 30.3 Å². The molecule has 7 heteroatoms. The summed E-state index contributed by atoms with van der Waals surface area (Å²) in [7, 11) is 0. The molecule has 1 fully saturated rings. The molecule has 0 spiro atoms. The van der Waals surface area contributed by atoms with Crippen LogP contribution in [0.15, 0.2) is 42.7 Å². The van der Waals surface area contributed by atoms with Crippen LogP contribution in [0.2, 0.25) is 10.0 Å². The van der Waals surface area contributed by atoms with Gasteiger partial charge >= 0.3 is 0 Å². The molecule has 0 bridgehead atoms. The van der Waals surface area contributed by atoms with Crippen molar-refractivity contribution in [3.8, 4) is 0 Å². The first-order chi connectivity index (χ1) is 12.6. The van der Waals surface area contributed by atoms with Gasteiger partial charge in [-0.2, -0.15) is 0 Å². The van der Waals surface area contributed by atoms with Crippen molar-refractivity contribution < 1.29 is 9.84 Å². The Balaban J connectivity index is 1.41. The highest BCUT2D eigenvalue weighted by atomic mass is 35.5. The predicted octanol–water partition coefficient (Wildman–Crippen LogP) is 3.09. The van der Waals surface area contributed by atoms with Gasteiger partial charge in [0.05, 0.1) is 35.1 Å². The summed E-state index contributed by atoms with van der Waals surface area (Å²) in [6, 6.07) is 9.97. The number of ether oxygens (including phenoxy) is 1. The molecule has 0 radical (unpaired) electrons. The third kappa shape index (κ3) is 5.32. The quantitative estimate of drug-likeness (QED) is 0.780. The zero-order chi connectivity index (χ0) is 18.4. The maximum absolute atomic E-state index is 10.2. The highest BCUT2D eigenvalue weighted by Gasteiger charge is 2.22. The fraction of sp³-hybridized carbons (Fsp3) is 0.421. The smallest absolute Gasteiger partial charge is 0.0900 e.